The number of anilines is 1. The van der Waals surface area contributed by atoms with Gasteiger partial charge in [0.15, 0.2) is 0 Å². The Hall–Kier alpha value is -1.53. The first-order valence-corrected chi connectivity index (χ1v) is 5.65. The van der Waals surface area contributed by atoms with Gasteiger partial charge in [-0.1, -0.05) is 25.5 Å². The van der Waals surface area contributed by atoms with E-state index in [1.54, 1.807) is 6.07 Å². The zero-order valence-corrected chi connectivity index (χ0v) is 9.61. The van der Waals surface area contributed by atoms with Crippen molar-refractivity contribution in [3.63, 3.8) is 0 Å². The third-order valence-electron chi connectivity index (χ3n) is 2.74. The fourth-order valence-electron chi connectivity index (χ4n) is 1.62. The van der Waals surface area contributed by atoms with Crippen LogP contribution in [0.1, 0.15) is 25.3 Å². The SMILES string of the molecule is CCC(CCO)CNc1ccccc1C#N. The average molecular weight is 218 g/mol. The van der Waals surface area contributed by atoms with Crippen LogP contribution in [0.4, 0.5) is 5.69 Å². The van der Waals surface area contributed by atoms with Crippen LogP contribution >= 0.6 is 0 Å². The molecule has 1 aromatic carbocycles. The largest absolute Gasteiger partial charge is 0.396 e. The predicted molar refractivity (Wildman–Crippen MR) is 65.1 cm³/mol. The number of hydrogen-bond acceptors (Lipinski definition) is 3. The number of nitrogens with zero attached hydrogens (tertiary/aromatic N) is 1. The molecule has 1 unspecified atom stereocenters. The number of aliphatic hydroxyl groups is 1. The van der Waals surface area contributed by atoms with Crippen LogP contribution in [0, 0.1) is 17.2 Å². The molecule has 1 atom stereocenters. The third-order valence-corrected chi connectivity index (χ3v) is 2.74. The van der Waals surface area contributed by atoms with Crippen molar-refractivity contribution in [3.8, 4) is 6.07 Å². The van der Waals surface area contributed by atoms with Crippen LogP contribution in [0.5, 0.6) is 0 Å². The molecule has 3 heteroatoms. The molecular formula is C13H18N2O. The van der Waals surface area contributed by atoms with Gasteiger partial charge in [0.05, 0.1) is 11.3 Å². The lowest BCUT2D eigenvalue weighted by Crippen LogP contribution is -2.15. The van der Waals surface area contributed by atoms with Crippen molar-refractivity contribution in [2.24, 2.45) is 5.92 Å². The Kier molecular flexibility index (Phi) is 5.38. The second-order valence-electron chi connectivity index (χ2n) is 3.82. The first-order chi connectivity index (χ1) is 7.81. The minimum atomic E-state index is 0.222. The van der Waals surface area contributed by atoms with Crippen LogP contribution in [-0.4, -0.2) is 18.3 Å². The predicted octanol–water partition coefficient (Wildman–Crippen LogP) is 2.38. The average Bonchev–Trinajstić information content (AvgIpc) is 2.34. The van der Waals surface area contributed by atoms with E-state index < -0.39 is 0 Å². The van der Waals surface area contributed by atoms with Crippen LogP contribution in [0.3, 0.4) is 0 Å². The molecule has 3 nitrogen and oxygen atoms in total. The van der Waals surface area contributed by atoms with E-state index in [1.165, 1.54) is 0 Å². The molecule has 86 valence electrons. The number of nitrogens with one attached hydrogen (secondary N) is 1. The van der Waals surface area contributed by atoms with Gasteiger partial charge in [-0.05, 0) is 24.5 Å². The number of para-hydroxylation sites is 1. The van der Waals surface area contributed by atoms with Gasteiger partial charge >= 0.3 is 0 Å². The van der Waals surface area contributed by atoms with Crippen molar-refractivity contribution in [3.05, 3.63) is 29.8 Å². The normalized spacial score (nSPS) is 11.8. The summed E-state index contributed by atoms with van der Waals surface area (Å²) >= 11 is 0. The molecule has 0 aromatic heterocycles. The molecule has 0 heterocycles. The Morgan fingerprint density at radius 1 is 1.44 bits per heavy atom. The van der Waals surface area contributed by atoms with Crippen molar-refractivity contribution >= 4 is 5.69 Å². The smallest absolute Gasteiger partial charge is 0.101 e. The molecule has 0 bridgehead atoms. The molecule has 0 aliphatic rings. The van der Waals surface area contributed by atoms with E-state index in [4.69, 9.17) is 10.4 Å². The molecule has 0 aliphatic carbocycles. The lowest BCUT2D eigenvalue weighted by molar-refractivity contribution is 0.258. The van der Waals surface area contributed by atoms with Gasteiger partial charge in [-0.25, -0.2) is 0 Å². The molecule has 2 N–H and O–H groups in total. The second kappa shape index (κ2) is 6.86. The van der Waals surface area contributed by atoms with Crippen LogP contribution in [0.15, 0.2) is 24.3 Å². The van der Waals surface area contributed by atoms with Gasteiger partial charge < -0.3 is 10.4 Å². The third kappa shape index (κ3) is 3.56. The van der Waals surface area contributed by atoms with E-state index in [0.717, 1.165) is 25.1 Å². The van der Waals surface area contributed by atoms with Crippen LogP contribution in [0.2, 0.25) is 0 Å². The highest BCUT2D eigenvalue weighted by atomic mass is 16.3. The van der Waals surface area contributed by atoms with Crippen LogP contribution in [0.25, 0.3) is 0 Å². The molecule has 0 amide bonds. The summed E-state index contributed by atoms with van der Waals surface area (Å²) < 4.78 is 0. The van der Waals surface area contributed by atoms with Crippen molar-refractivity contribution in [1.29, 1.82) is 5.26 Å². The molecule has 0 fully saturated rings. The summed E-state index contributed by atoms with van der Waals surface area (Å²) in [5, 5.41) is 21.1. The molecule has 0 saturated carbocycles. The zero-order chi connectivity index (χ0) is 11.8. The van der Waals surface area contributed by atoms with Crippen molar-refractivity contribution in [2.45, 2.75) is 19.8 Å². The Morgan fingerprint density at radius 3 is 2.81 bits per heavy atom. The lowest BCUT2D eigenvalue weighted by atomic mass is 10.0. The van der Waals surface area contributed by atoms with E-state index in [2.05, 4.69) is 18.3 Å². The quantitative estimate of drug-likeness (QED) is 0.770. The maximum absolute atomic E-state index is 8.91. The Balaban J connectivity index is 2.56. The molecule has 0 spiro atoms. The maximum atomic E-state index is 8.91. The van der Waals surface area contributed by atoms with Gasteiger partial charge in [0, 0.05) is 13.2 Å². The standard InChI is InChI=1S/C13H18N2O/c1-2-11(7-8-16)10-15-13-6-4-3-5-12(13)9-14/h3-6,11,15-16H,2,7-8,10H2,1H3. The Bertz CT molecular complexity index is 357. The number of rotatable bonds is 6. The second-order valence-corrected chi connectivity index (χ2v) is 3.82. The summed E-state index contributed by atoms with van der Waals surface area (Å²) in [6, 6.07) is 9.63. The summed E-state index contributed by atoms with van der Waals surface area (Å²) in [5.41, 5.74) is 1.54. The first-order valence-electron chi connectivity index (χ1n) is 5.65. The summed E-state index contributed by atoms with van der Waals surface area (Å²) in [4.78, 5) is 0. The molecule has 1 aromatic rings. The minimum Gasteiger partial charge on any atom is -0.396 e. The van der Waals surface area contributed by atoms with E-state index in [1.807, 2.05) is 18.2 Å². The van der Waals surface area contributed by atoms with Crippen LogP contribution < -0.4 is 5.32 Å². The first kappa shape index (κ1) is 12.5. The molecule has 0 saturated heterocycles. The molecule has 1 rings (SSSR count). The number of hydrogen-bond donors (Lipinski definition) is 2. The van der Waals surface area contributed by atoms with Gasteiger partial charge in [0.1, 0.15) is 6.07 Å². The number of benzene rings is 1. The van der Waals surface area contributed by atoms with Gasteiger partial charge in [-0.3, -0.25) is 0 Å². The summed E-state index contributed by atoms with van der Waals surface area (Å²) in [5.74, 6) is 0.455. The number of aliphatic hydroxyl groups excluding tert-OH is 1. The monoisotopic (exact) mass is 218 g/mol. The highest BCUT2D eigenvalue weighted by molar-refractivity contribution is 5.57. The fourth-order valence-corrected chi connectivity index (χ4v) is 1.62. The van der Waals surface area contributed by atoms with Gasteiger partial charge in [0.2, 0.25) is 0 Å². The van der Waals surface area contributed by atoms with E-state index in [0.29, 0.717) is 11.5 Å². The van der Waals surface area contributed by atoms with Crippen LogP contribution in [-0.2, 0) is 0 Å². The lowest BCUT2D eigenvalue weighted by Gasteiger charge is -2.15. The van der Waals surface area contributed by atoms with E-state index >= 15 is 0 Å². The van der Waals surface area contributed by atoms with E-state index in [9.17, 15) is 0 Å². The summed E-state index contributed by atoms with van der Waals surface area (Å²) in [7, 11) is 0. The van der Waals surface area contributed by atoms with Gasteiger partial charge in [0.25, 0.3) is 0 Å². The number of nitriles is 1. The van der Waals surface area contributed by atoms with Gasteiger partial charge in [-0.15, -0.1) is 0 Å². The Morgan fingerprint density at radius 2 is 2.19 bits per heavy atom. The van der Waals surface area contributed by atoms with Gasteiger partial charge in [-0.2, -0.15) is 5.26 Å². The molecule has 0 aliphatic heterocycles. The Labute approximate surface area is 96.7 Å². The molecular weight excluding hydrogens is 200 g/mol. The maximum Gasteiger partial charge on any atom is 0.101 e. The van der Waals surface area contributed by atoms with Crippen molar-refractivity contribution in [1.82, 2.24) is 0 Å². The van der Waals surface area contributed by atoms with E-state index in [-0.39, 0.29) is 6.61 Å². The molecule has 16 heavy (non-hydrogen) atoms. The summed E-state index contributed by atoms with van der Waals surface area (Å²) in [6.07, 6.45) is 1.83. The van der Waals surface area contributed by atoms with Crippen molar-refractivity contribution in [2.75, 3.05) is 18.5 Å². The molecule has 0 radical (unpaired) electrons. The highest BCUT2D eigenvalue weighted by Crippen LogP contribution is 2.15. The summed E-state index contributed by atoms with van der Waals surface area (Å²) in [6.45, 7) is 3.13. The highest BCUT2D eigenvalue weighted by Gasteiger charge is 2.06. The topological polar surface area (TPSA) is 56.0 Å². The van der Waals surface area contributed by atoms with Crippen molar-refractivity contribution < 1.29 is 5.11 Å². The fraction of sp³-hybridized carbons (Fsp3) is 0.462. The minimum absolute atomic E-state index is 0.222. The zero-order valence-electron chi connectivity index (χ0n) is 9.61.